The van der Waals surface area contributed by atoms with Crippen LogP contribution >= 0.6 is 0 Å². The molecule has 0 aliphatic rings. The van der Waals surface area contributed by atoms with E-state index in [2.05, 4.69) is 20.5 Å². The monoisotopic (exact) mass is 228 g/mol. The molecule has 7 nitrogen and oxygen atoms in total. The van der Waals surface area contributed by atoms with E-state index in [4.69, 9.17) is 9.47 Å². The second-order valence-electron chi connectivity index (χ2n) is 3.07. The van der Waals surface area contributed by atoms with Crippen molar-refractivity contribution < 1.29 is 14.3 Å². The van der Waals surface area contributed by atoms with Gasteiger partial charge in [0, 0.05) is 20.6 Å². The summed E-state index contributed by atoms with van der Waals surface area (Å²) >= 11 is 0. The number of methoxy groups -OCH3 is 2. The molecule has 1 aromatic heterocycles. The first-order valence-electron chi connectivity index (χ1n) is 4.96. The summed E-state index contributed by atoms with van der Waals surface area (Å²) < 4.78 is 9.85. The predicted octanol–water partition coefficient (Wildman–Crippen LogP) is -0.284. The number of nitrogens with zero attached hydrogens (tertiary/aromatic N) is 2. The Bertz CT molecular complexity index is 335. The number of carbonyl (C=O) groups is 1. The average molecular weight is 228 g/mol. The van der Waals surface area contributed by atoms with Gasteiger partial charge in [0.2, 0.25) is 5.82 Å². The van der Waals surface area contributed by atoms with Gasteiger partial charge >= 0.3 is 0 Å². The normalized spacial score (nSPS) is 10.8. The molecule has 0 atom stereocenters. The van der Waals surface area contributed by atoms with Crippen molar-refractivity contribution >= 4 is 5.91 Å². The third-order valence-electron chi connectivity index (χ3n) is 2.02. The first kappa shape index (κ1) is 12.6. The van der Waals surface area contributed by atoms with Gasteiger partial charge in [0.1, 0.15) is 5.82 Å². The minimum Gasteiger partial charge on any atom is -0.354 e. The van der Waals surface area contributed by atoms with Crippen molar-refractivity contribution in [3.63, 3.8) is 0 Å². The molecule has 1 rings (SSSR count). The van der Waals surface area contributed by atoms with Crippen LogP contribution in [0.3, 0.4) is 0 Å². The Labute approximate surface area is 93.5 Å². The number of amides is 1. The van der Waals surface area contributed by atoms with Gasteiger partial charge in [0.05, 0.1) is 6.54 Å². The van der Waals surface area contributed by atoms with Gasteiger partial charge in [-0.25, -0.2) is 4.98 Å². The Morgan fingerprint density at radius 1 is 1.50 bits per heavy atom. The molecule has 0 radical (unpaired) electrons. The Morgan fingerprint density at radius 2 is 2.19 bits per heavy atom. The molecular formula is C9H16N4O3. The molecule has 0 saturated carbocycles. The quantitative estimate of drug-likeness (QED) is 0.653. The molecule has 0 bridgehead atoms. The Hall–Kier alpha value is -1.47. The fourth-order valence-corrected chi connectivity index (χ4v) is 1.07. The number of nitrogens with one attached hydrogen (secondary N) is 2. The lowest BCUT2D eigenvalue weighted by Gasteiger charge is -2.12. The van der Waals surface area contributed by atoms with Gasteiger partial charge in [0.25, 0.3) is 5.91 Å². The molecule has 90 valence electrons. The number of carbonyl (C=O) groups excluding carboxylic acids is 1. The summed E-state index contributed by atoms with van der Waals surface area (Å²) in [6.45, 7) is 2.18. The van der Waals surface area contributed by atoms with Crippen LogP contribution < -0.4 is 5.32 Å². The predicted molar refractivity (Wildman–Crippen MR) is 55.9 cm³/mol. The van der Waals surface area contributed by atoms with E-state index in [0.717, 1.165) is 0 Å². The van der Waals surface area contributed by atoms with Crippen LogP contribution in [0.1, 0.15) is 23.4 Å². The maximum absolute atomic E-state index is 11.5. The molecule has 7 heteroatoms. The van der Waals surface area contributed by atoms with Crippen molar-refractivity contribution in [2.45, 2.75) is 19.6 Å². The van der Waals surface area contributed by atoms with Crippen LogP contribution in [0.2, 0.25) is 0 Å². The van der Waals surface area contributed by atoms with Crippen molar-refractivity contribution in [2.24, 2.45) is 0 Å². The van der Waals surface area contributed by atoms with Crippen LogP contribution in [-0.2, 0) is 15.9 Å². The van der Waals surface area contributed by atoms with E-state index in [9.17, 15) is 4.79 Å². The fraction of sp³-hybridized carbons (Fsp3) is 0.667. The highest BCUT2D eigenvalue weighted by molar-refractivity contribution is 5.90. The molecule has 1 heterocycles. The van der Waals surface area contributed by atoms with E-state index in [1.807, 2.05) is 6.92 Å². The van der Waals surface area contributed by atoms with Gasteiger partial charge in [-0.2, -0.15) is 0 Å². The fourth-order valence-electron chi connectivity index (χ4n) is 1.07. The Balaban J connectivity index is 2.46. The van der Waals surface area contributed by atoms with Crippen molar-refractivity contribution in [1.29, 1.82) is 0 Å². The molecule has 0 aliphatic carbocycles. The third kappa shape index (κ3) is 3.28. The molecule has 0 unspecified atom stereocenters. The van der Waals surface area contributed by atoms with E-state index in [0.29, 0.717) is 12.2 Å². The summed E-state index contributed by atoms with van der Waals surface area (Å²) in [5.41, 5.74) is 0. The van der Waals surface area contributed by atoms with Crippen molar-refractivity contribution in [3.05, 3.63) is 11.6 Å². The van der Waals surface area contributed by atoms with E-state index in [1.54, 1.807) is 0 Å². The van der Waals surface area contributed by atoms with Crippen LogP contribution in [-0.4, -0.2) is 48.1 Å². The molecule has 0 spiro atoms. The Kier molecular flexibility index (Phi) is 4.87. The van der Waals surface area contributed by atoms with E-state index in [-0.39, 0.29) is 18.3 Å². The summed E-state index contributed by atoms with van der Waals surface area (Å²) in [7, 11) is 3.00. The largest absolute Gasteiger partial charge is 0.354 e. The number of aryl methyl sites for hydroxylation is 1. The lowest BCUT2D eigenvalue weighted by Crippen LogP contribution is -2.34. The number of rotatable bonds is 6. The second kappa shape index (κ2) is 6.19. The number of H-pyrrole nitrogens is 1. The van der Waals surface area contributed by atoms with Crippen molar-refractivity contribution in [3.8, 4) is 0 Å². The summed E-state index contributed by atoms with van der Waals surface area (Å²) in [5.74, 6) is 0.457. The van der Waals surface area contributed by atoms with Gasteiger partial charge in [-0.05, 0) is 0 Å². The zero-order valence-electron chi connectivity index (χ0n) is 9.61. The van der Waals surface area contributed by atoms with Gasteiger partial charge in [-0.3, -0.25) is 9.89 Å². The molecule has 0 aromatic carbocycles. The highest BCUT2D eigenvalue weighted by atomic mass is 16.7. The molecule has 16 heavy (non-hydrogen) atoms. The third-order valence-corrected chi connectivity index (χ3v) is 2.02. The zero-order chi connectivity index (χ0) is 12.0. The van der Waals surface area contributed by atoms with Gasteiger partial charge in [-0.15, -0.1) is 5.10 Å². The lowest BCUT2D eigenvalue weighted by molar-refractivity contribution is -0.0974. The minimum absolute atomic E-state index is 0.128. The smallest absolute Gasteiger partial charge is 0.291 e. The minimum atomic E-state index is -0.464. The number of aromatic nitrogens is 3. The molecule has 0 saturated heterocycles. The summed E-state index contributed by atoms with van der Waals surface area (Å²) in [4.78, 5) is 15.5. The van der Waals surface area contributed by atoms with Gasteiger partial charge in [-0.1, -0.05) is 6.92 Å². The second-order valence-corrected chi connectivity index (χ2v) is 3.07. The Morgan fingerprint density at radius 3 is 2.69 bits per heavy atom. The molecule has 1 aromatic rings. The number of hydrogen-bond acceptors (Lipinski definition) is 5. The molecule has 2 N–H and O–H groups in total. The van der Waals surface area contributed by atoms with E-state index in [1.165, 1.54) is 14.2 Å². The van der Waals surface area contributed by atoms with Gasteiger partial charge < -0.3 is 14.8 Å². The summed E-state index contributed by atoms with van der Waals surface area (Å²) in [5, 5.41) is 9.06. The first-order valence-corrected chi connectivity index (χ1v) is 4.96. The topological polar surface area (TPSA) is 89.1 Å². The van der Waals surface area contributed by atoms with Crippen LogP contribution in [0.15, 0.2) is 0 Å². The summed E-state index contributed by atoms with van der Waals surface area (Å²) in [6, 6.07) is 0. The maximum Gasteiger partial charge on any atom is 0.291 e. The number of ether oxygens (including phenoxy) is 2. The van der Waals surface area contributed by atoms with Crippen LogP contribution in [0.5, 0.6) is 0 Å². The van der Waals surface area contributed by atoms with Crippen molar-refractivity contribution in [1.82, 2.24) is 20.5 Å². The first-order chi connectivity index (χ1) is 7.71. The van der Waals surface area contributed by atoms with Crippen LogP contribution in [0.4, 0.5) is 0 Å². The number of hydrogen-bond donors (Lipinski definition) is 2. The maximum atomic E-state index is 11.5. The highest BCUT2D eigenvalue weighted by Gasteiger charge is 2.13. The van der Waals surface area contributed by atoms with Crippen LogP contribution in [0, 0.1) is 0 Å². The van der Waals surface area contributed by atoms with E-state index < -0.39 is 6.29 Å². The highest BCUT2D eigenvalue weighted by Crippen LogP contribution is 1.94. The SMILES string of the molecule is CCc1nc(C(=O)NCC(OC)OC)n[nH]1. The summed E-state index contributed by atoms with van der Waals surface area (Å²) in [6.07, 6.45) is 0.243. The lowest BCUT2D eigenvalue weighted by atomic mass is 10.4. The zero-order valence-corrected chi connectivity index (χ0v) is 9.61. The molecule has 0 aliphatic heterocycles. The molecule has 1 amide bonds. The molecule has 0 fully saturated rings. The standard InChI is InChI=1S/C9H16N4O3/c1-4-6-11-8(13-12-6)9(14)10-5-7(15-2)16-3/h7H,4-5H2,1-3H3,(H,10,14)(H,11,12,13). The van der Waals surface area contributed by atoms with E-state index >= 15 is 0 Å². The number of aromatic amines is 1. The van der Waals surface area contributed by atoms with Crippen LogP contribution in [0.25, 0.3) is 0 Å². The van der Waals surface area contributed by atoms with Crippen molar-refractivity contribution in [2.75, 3.05) is 20.8 Å². The van der Waals surface area contributed by atoms with Gasteiger partial charge in [0.15, 0.2) is 6.29 Å². The molecular weight excluding hydrogens is 212 g/mol. The average Bonchev–Trinajstić information content (AvgIpc) is 2.78.